The highest BCUT2D eigenvalue weighted by Crippen LogP contribution is 2.38. The second kappa shape index (κ2) is 10.1. The molecule has 12 heteroatoms. The number of nitrogens with zero attached hydrogens (tertiary/aromatic N) is 6. The van der Waals surface area contributed by atoms with Crippen molar-refractivity contribution in [3.05, 3.63) is 51.6 Å². The van der Waals surface area contributed by atoms with E-state index in [9.17, 15) is 4.79 Å². The molecule has 8 nitrogen and oxygen atoms in total. The fraction of sp³-hybridized carbons (Fsp3) is 0.346. The van der Waals surface area contributed by atoms with Gasteiger partial charge in [-0.1, -0.05) is 52.1 Å². The molecule has 192 valence electrons. The van der Waals surface area contributed by atoms with Crippen molar-refractivity contribution in [3.63, 3.8) is 0 Å². The molecule has 2 aliphatic carbocycles. The lowest BCUT2D eigenvalue weighted by molar-refractivity contribution is -0.110. The average molecular weight is 580 g/mol. The van der Waals surface area contributed by atoms with Crippen LogP contribution >= 0.6 is 46.0 Å². The normalized spacial score (nSPS) is 16.5. The molecule has 0 atom stereocenters. The van der Waals surface area contributed by atoms with Crippen molar-refractivity contribution in [2.45, 2.75) is 49.8 Å². The van der Waals surface area contributed by atoms with Gasteiger partial charge in [-0.05, 0) is 55.2 Å². The molecular formula is C26H22ClN7OS3. The molecular weight excluding hydrogens is 558 g/mol. The lowest BCUT2D eigenvalue weighted by Crippen LogP contribution is -1.96. The quantitative estimate of drug-likeness (QED) is 0.221. The van der Waals surface area contributed by atoms with Gasteiger partial charge in [0.25, 0.3) is 0 Å². The van der Waals surface area contributed by atoms with Crippen LogP contribution in [0.5, 0.6) is 0 Å². The second-order valence-electron chi connectivity index (χ2n) is 9.80. The molecule has 1 aromatic carbocycles. The lowest BCUT2D eigenvalue weighted by atomic mass is 10.1. The zero-order valence-electron chi connectivity index (χ0n) is 20.2. The smallest absolute Gasteiger partial charge is 0.198 e. The molecule has 0 spiro atoms. The number of thioether (sulfide) groups is 1. The number of benzene rings is 1. The van der Waals surface area contributed by atoms with E-state index in [4.69, 9.17) is 16.6 Å². The molecule has 3 aliphatic rings. The molecule has 1 aliphatic heterocycles. The Morgan fingerprint density at radius 1 is 0.868 bits per heavy atom. The maximum Gasteiger partial charge on any atom is 0.198 e. The summed E-state index contributed by atoms with van der Waals surface area (Å²) in [6.07, 6.45) is 11.0. The number of aromatic nitrogens is 6. The van der Waals surface area contributed by atoms with Gasteiger partial charge in [-0.2, -0.15) is 0 Å². The van der Waals surface area contributed by atoms with Crippen LogP contribution in [-0.4, -0.2) is 35.0 Å². The van der Waals surface area contributed by atoms with E-state index < -0.39 is 0 Å². The molecule has 5 heterocycles. The molecule has 0 saturated heterocycles. The Morgan fingerprint density at radius 3 is 2.21 bits per heavy atom. The predicted molar refractivity (Wildman–Crippen MR) is 153 cm³/mol. The van der Waals surface area contributed by atoms with Crippen molar-refractivity contribution in [1.82, 2.24) is 29.9 Å². The summed E-state index contributed by atoms with van der Waals surface area (Å²) >= 11 is 10.5. The molecule has 4 aromatic heterocycles. The third-order valence-corrected chi connectivity index (χ3v) is 9.86. The summed E-state index contributed by atoms with van der Waals surface area (Å²) in [6, 6.07) is 6.01. The highest BCUT2D eigenvalue weighted by atomic mass is 35.5. The summed E-state index contributed by atoms with van der Waals surface area (Å²) in [5.74, 6) is 2.39. The van der Waals surface area contributed by atoms with Gasteiger partial charge in [-0.3, -0.25) is 4.79 Å². The first-order valence-electron chi connectivity index (χ1n) is 12.5. The second-order valence-corrected chi connectivity index (χ2v) is 13.4. The minimum absolute atomic E-state index is 0.204. The van der Waals surface area contributed by atoms with Crippen LogP contribution in [0.2, 0.25) is 5.15 Å². The van der Waals surface area contributed by atoms with E-state index in [2.05, 4.69) is 30.2 Å². The van der Waals surface area contributed by atoms with Crippen molar-refractivity contribution in [2.24, 2.45) is 11.8 Å². The van der Waals surface area contributed by atoms with Crippen molar-refractivity contribution < 1.29 is 4.79 Å². The largest absolute Gasteiger partial charge is 0.338 e. The maximum atomic E-state index is 11.6. The Morgan fingerprint density at radius 2 is 1.53 bits per heavy atom. The molecule has 0 unspecified atom stereocenters. The lowest BCUT2D eigenvalue weighted by Gasteiger charge is -2.07. The minimum atomic E-state index is 0.204. The maximum absolute atomic E-state index is 11.6. The van der Waals surface area contributed by atoms with E-state index in [1.54, 1.807) is 29.0 Å². The third kappa shape index (κ3) is 5.38. The van der Waals surface area contributed by atoms with Crippen LogP contribution in [0.15, 0.2) is 35.7 Å². The Bertz CT molecular complexity index is 1680. The molecule has 0 bridgehead atoms. The van der Waals surface area contributed by atoms with Crippen LogP contribution in [0.1, 0.15) is 41.3 Å². The zero-order valence-corrected chi connectivity index (χ0v) is 23.4. The van der Waals surface area contributed by atoms with Gasteiger partial charge in [0.15, 0.2) is 16.1 Å². The number of anilines is 2. The van der Waals surface area contributed by atoms with Crippen LogP contribution in [0.25, 0.3) is 20.7 Å². The average Bonchev–Trinajstić information content (AvgIpc) is 3.76. The Hall–Kier alpha value is -2.73. The third-order valence-electron chi connectivity index (χ3n) is 6.64. The zero-order chi connectivity index (χ0) is 25.6. The van der Waals surface area contributed by atoms with E-state index >= 15 is 0 Å². The Labute approximate surface area is 235 Å². The molecule has 8 rings (SSSR count). The van der Waals surface area contributed by atoms with Gasteiger partial charge in [0.2, 0.25) is 0 Å². The summed E-state index contributed by atoms with van der Waals surface area (Å²) in [6.45, 7) is 0. The van der Waals surface area contributed by atoms with E-state index in [1.807, 2.05) is 18.2 Å². The van der Waals surface area contributed by atoms with Gasteiger partial charge in [0.1, 0.15) is 33.3 Å². The summed E-state index contributed by atoms with van der Waals surface area (Å²) in [7, 11) is 0. The molecule has 0 radical (unpaired) electrons. The van der Waals surface area contributed by atoms with Gasteiger partial charge in [0, 0.05) is 29.8 Å². The van der Waals surface area contributed by atoms with Crippen LogP contribution in [0, 0.1) is 11.8 Å². The monoisotopic (exact) mass is 579 g/mol. The summed E-state index contributed by atoms with van der Waals surface area (Å²) in [4.78, 5) is 40.4. The number of carbonyl (C=O) groups is 1. The summed E-state index contributed by atoms with van der Waals surface area (Å²) in [5.41, 5.74) is 3.62. The first-order chi connectivity index (χ1) is 18.6. The van der Waals surface area contributed by atoms with Crippen molar-refractivity contribution >= 4 is 83.4 Å². The highest BCUT2D eigenvalue weighted by molar-refractivity contribution is 8.14. The topological polar surface area (TPSA) is 106 Å². The van der Waals surface area contributed by atoms with E-state index in [0.717, 1.165) is 77.4 Å². The van der Waals surface area contributed by atoms with Gasteiger partial charge >= 0.3 is 0 Å². The van der Waals surface area contributed by atoms with Gasteiger partial charge in [-0.15, -0.1) is 0 Å². The van der Waals surface area contributed by atoms with Crippen LogP contribution in [-0.2, 0) is 24.1 Å². The molecule has 0 amide bonds. The van der Waals surface area contributed by atoms with Crippen LogP contribution in [0.3, 0.4) is 0 Å². The Balaban J connectivity index is 0.000000147. The first-order valence-corrected chi connectivity index (χ1v) is 15.4. The SMILES string of the molecule is Clc1ncnc2sc(CC3CC3)nc12.O=C1Cc2ccc(Nc3ncnc4sc(CC5CC5)nc34)cc2S1. The van der Waals surface area contributed by atoms with Crippen molar-refractivity contribution in [3.8, 4) is 0 Å². The first kappa shape index (κ1) is 24.3. The number of halogens is 1. The fourth-order valence-corrected chi connectivity index (χ4v) is 7.49. The number of hydrogen-bond donors (Lipinski definition) is 1. The number of carbonyl (C=O) groups excluding carboxylic acids is 1. The van der Waals surface area contributed by atoms with Crippen molar-refractivity contribution in [1.29, 1.82) is 0 Å². The van der Waals surface area contributed by atoms with Crippen LogP contribution < -0.4 is 5.32 Å². The highest BCUT2D eigenvalue weighted by Gasteiger charge is 2.25. The molecule has 38 heavy (non-hydrogen) atoms. The van der Waals surface area contributed by atoms with E-state index in [-0.39, 0.29) is 5.12 Å². The summed E-state index contributed by atoms with van der Waals surface area (Å²) in [5, 5.41) is 6.30. The fourth-order valence-electron chi connectivity index (χ4n) is 4.30. The number of nitrogens with one attached hydrogen (secondary N) is 1. The number of hydrogen-bond acceptors (Lipinski definition) is 11. The number of thiazole rings is 2. The van der Waals surface area contributed by atoms with Crippen molar-refractivity contribution in [2.75, 3.05) is 5.32 Å². The van der Waals surface area contributed by atoms with Gasteiger partial charge in [0.05, 0.1) is 10.0 Å². The molecule has 2 fully saturated rings. The summed E-state index contributed by atoms with van der Waals surface area (Å²) < 4.78 is 0. The number of fused-ring (bicyclic) bond motifs is 3. The van der Waals surface area contributed by atoms with Gasteiger partial charge < -0.3 is 5.32 Å². The molecule has 2 saturated carbocycles. The van der Waals surface area contributed by atoms with E-state index in [0.29, 0.717) is 11.6 Å². The van der Waals surface area contributed by atoms with Gasteiger partial charge in [-0.25, -0.2) is 29.9 Å². The Kier molecular flexibility index (Phi) is 6.47. The van der Waals surface area contributed by atoms with E-state index in [1.165, 1.54) is 43.8 Å². The standard InChI is InChI=1S/C17H14N4OS2.C9H8ClN3S/c22-14-6-10-3-4-11(7-12(10)23-14)20-16-15-17(19-8-18-16)24-13(21-15)5-9-1-2-9;10-8-7-9(12-4-11-8)14-6(13-7)3-5-1-2-5/h3-4,7-9H,1-2,5-6H2,(H,18,19,20);4-5H,1-3H2. The molecule has 1 N–H and O–H groups in total. The molecule has 5 aromatic rings. The number of rotatable bonds is 6. The predicted octanol–water partition coefficient (Wildman–Crippen LogP) is 6.65. The minimum Gasteiger partial charge on any atom is -0.338 e. The van der Waals surface area contributed by atoms with Crippen LogP contribution in [0.4, 0.5) is 11.5 Å².